The second-order valence-corrected chi connectivity index (χ2v) is 9.80. The number of carbonyl (C=O) groups excluding carboxylic acids is 1. The van der Waals surface area contributed by atoms with Crippen molar-refractivity contribution in [1.29, 1.82) is 0 Å². The first-order chi connectivity index (χ1) is 16.1. The van der Waals surface area contributed by atoms with Crippen molar-refractivity contribution in [3.8, 4) is 0 Å². The third-order valence-electron chi connectivity index (χ3n) is 5.88. The summed E-state index contributed by atoms with van der Waals surface area (Å²) in [5, 5.41) is 1.05. The van der Waals surface area contributed by atoms with Crippen molar-refractivity contribution in [1.82, 2.24) is 4.98 Å². The molecule has 10 heteroatoms. The molecule has 2 aliphatic rings. The molecule has 0 atom stereocenters. The van der Waals surface area contributed by atoms with E-state index in [9.17, 15) is 26.4 Å². The lowest BCUT2D eigenvalue weighted by Gasteiger charge is -2.15. The Morgan fingerprint density at radius 3 is 2.35 bits per heavy atom. The number of alkyl halides is 3. The Balaban J connectivity index is 1.38. The third-order valence-corrected chi connectivity index (χ3v) is 6.84. The number of esters is 1. The SMILES string of the molecule is O=C1OC2(CC2)C(OS(=O)(=O)C(F)(F)F)=C1c1ccc(CCc2ccc3ccccc3n2)cc1. The monoisotopic (exact) mass is 489 g/mol. The van der Waals surface area contributed by atoms with E-state index in [0.717, 1.165) is 22.2 Å². The van der Waals surface area contributed by atoms with Crippen LogP contribution in [0.1, 0.15) is 29.7 Å². The maximum atomic E-state index is 12.9. The second-order valence-electron chi connectivity index (χ2n) is 8.26. The normalized spacial score (nSPS) is 17.3. The largest absolute Gasteiger partial charge is 0.534 e. The van der Waals surface area contributed by atoms with Gasteiger partial charge in [-0.2, -0.15) is 21.6 Å². The molecule has 1 saturated carbocycles. The lowest BCUT2D eigenvalue weighted by atomic mass is 10.00. The summed E-state index contributed by atoms with van der Waals surface area (Å²) in [5.74, 6) is -1.50. The zero-order valence-electron chi connectivity index (χ0n) is 17.6. The van der Waals surface area contributed by atoms with Gasteiger partial charge in [-0.05, 0) is 48.9 Å². The van der Waals surface area contributed by atoms with Gasteiger partial charge in [0.25, 0.3) is 0 Å². The summed E-state index contributed by atoms with van der Waals surface area (Å²) in [6.07, 6.45) is 1.70. The average molecular weight is 489 g/mol. The maximum absolute atomic E-state index is 12.9. The Morgan fingerprint density at radius 2 is 1.68 bits per heavy atom. The van der Waals surface area contributed by atoms with E-state index >= 15 is 0 Å². The highest BCUT2D eigenvalue weighted by Gasteiger charge is 2.62. The second kappa shape index (κ2) is 7.83. The smallest absolute Gasteiger partial charge is 0.447 e. The van der Waals surface area contributed by atoms with Crippen LogP contribution < -0.4 is 0 Å². The van der Waals surface area contributed by atoms with Gasteiger partial charge in [-0.1, -0.05) is 48.5 Å². The molecular formula is C24H18F3NO5S. The van der Waals surface area contributed by atoms with Crippen LogP contribution in [0.5, 0.6) is 0 Å². The van der Waals surface area contributed by atoms with Crippen LogP contribution >= 0.6 is 0 Å². The van der Waals surface area contributed by atoms with Gasteiger partial charge in [0.2, 0.25) is 0 Å². The van der Waals surface area contributed by atoms with E-state index in [1.54, 1.807) is 24.3 Å². The van der Waals surface area contributed by atoms with Crippen molar-refractivity contribution in [2.45, 2.75) is 36.8 Å². The zero-order valence-corrected chi connectivity index (χ0v) is 18.4. The highest BCUT2D eigenvalue weighted by Crippen LogP contribution is 2.54. The van der Waals surface area contributed by atoms with Gasteiger partial charge in [-0.25, -0.2) is 4.79 Å². The summed E-state index contributed by atoms with van der Waals surface area (Å²) in [6.45, 7) is 0. The molecular weight excluding hydrogens is 471 g/mol. The van der Waals surface area contributed by atoms with Crippen LogP contribution in [-0.4, -0.2) is 30.5 Å². The number of aromatic nitrogens is 1. The van der Waals surface area contributed by atoms with Gasteiger partial charge in [0.05, 0.1) is 5.52 Å². The highest BCUT2D eigenvalue weighted by molar-refractivity contribution is 7.87. The molecule has 1 aliphatic heterocycles. The summed E-state index contributed by atoms with van der Waals surface area (Å²) >= 11 is 0. The van der Waals surface area contributed by atoms with Crippen molar-refractivity contribution in [3.63, 3.8) is 0 Å². The van der Waals surface area contributed by atoms with E-state index in [4.69, 9.17) is 4.74 Å². The van der Waals surface area contributed by atoms with E-state index in [1.807, 2.05) is 36.4 Å². The molecule has 3 aromatic rings. The fraction of sp³-hybridized carbons (Fsp3) is 0.250. The third kappa shape index (κ3) is 4.02. The molecule has 0 amide bonds. The molecule has 2 heterocycles. The number of halogens is 3. The molecule has 1 spiro atoms. The Kier molecular flexibility index (Phi) is 5.16. The number of carbonyl (C=O) groups is 1. The number of hydrogen-bond donors (Lipinski definition) is 0. The molecule has 0 radical (unpaired) electrons. The zero-order chi connectivity index (χ0) is 24.1. The molecule has 0 N–H and O–H groups in total. The van der Waals surface area contributed by atoms with Gasteiger partial charge in [-0.3, -0.25) is 4.98 Å². The van der Waals surface area contributed by atoms with Crippen molar-refractivity contribution in [2.75, 3.05) is 0 Å². The molecule has 0 unspecified atom stereocenters. The van der Waals surface area contributed by atoms with Crippen LogP contribution in [0, 0.1) is 0 Å². The van der Waals surface area contributed by atoms with Gasteiger partial charge in [0.1, 0.15) is 5.57 Å². The standard InChI is InChI=1S/C24H18F3NO5S/c25-24(26,27)34(30,31)33-21-20(22(29)32-23(21)13-14-23)17-8-5-15(6-9-17)7-11-18-12-10-16-3-1-2-4-19(16)28-18/h1-6,8-10,12H,7,11,13-14H2. The summed E-state index contributed by atoms with van der Waals surface area (Å²) in [5.41, 5.74) is -4.40. The van der Waals surface area contributed by atoms with Gasteiger partial charge < -0.3 is 8.92 Å². The lowest BCUT2D eigenvalue weighted by Crippen LogP contribution is -2.28. The van der Waals surface area contributed by atoms with Crippen LogP contribution in [0.15, 0.2) is 66.4 Å². The number of ether oxygens (including phenoxy) is 1. The van der Waals surface area contributed by atoms with Crippen LogP contribution in [0.2, 0.25) is 0 Å². The van der Waals surface area contributed by atoms with Crippen molar-refractivity contribution >= 4 is 32.6 Å². The van der Waals surface area contributed by atoms with E-state index in [1.165, 1.54) is 0 Å². The average Bonchev–Trinajstić information content (AvgIpc) is 3.51. The Labute approximate surface area is 193 Å². The molecule has 6 nitrogen and oxygen atoms in total. The topological polar surface area (TPSA) is 82.6 Å². The van der Waals surface area contributed by atoms with Crippen molar-refractivity contribution in [2.24, 2.45) is 0 Å². The summed E-state index contributed by atoms with van der Waals surface area (Å²) in [6, 6.07) is 18.3. The van der Waals surface area contributed by atoms with Gasteiger partial charge in [0, 0.05) is 11.1 Å². The summed E-state index contributed by atoms with van der Waals surface area (Å²) in [7, 11) is -5.94. The minimum absolute atomic E-state index is 0.196. The molecule has 2 aromatic carbocycles. The van der Waals surface area contributed by atoms with Crippen LogP contribution in [0.25, 0.3) is 16.5 Å². The Hall–Kier alpha value is -3.40. The minimum atomic E-state index is -5.94. The Bertz CT molecular complexity index is 1420. The molecule has 1 aliphatic carbocycles. The first kappa shape index (κ1) is 22.4. The number of rotatable bonds is 6. The fourth-order valence-corrected chi connectivity index (χ4v) is 4.47. The lowest BCUT2D eigenvalue weighted by molar-refractivity contribution is -0.139. The van der Waals surface area contributed by atoms with E-state index in [-0.39, 0.29) is 24.0 Å². The number of aryl methyl sites for hydroxylation is 2. The summed E-state index contributed by atoms with van der Waals surface area (Å²) < 4.78 is 71.5. The van der Waals surface area contributed by atoms with Crippen molar-refractivity contribution < 1.29 is 35.3 Å². The maximum Gasteiger partial charge on any atom is 0.534 e. The van der Waals surface area contributed by atoms with Crippen LogP contribution in [-0.2, 0) is 36.7 Å². The summed E-state index contributed by atoms with van der Waals surface area (Å²) in [4.78, 5) is 17.1. The van der Waals surface area contributed by atoms with Crippen LogP contribution in [0.3, 0.4) is 0 Å². The molecule has 1 aromatic heterocycles. The van der Waals surface area contributed by atoms with Crippen molar-refractivity contribution in [3.05, 3.63) is 83.2 Å². The first-order valence-corrected chi connectivity index (χ1v) is 11.9. The molecule has 34 heavy (non-hydrogen) atoms. The van der Waals surface area contributed by atoms with E-state index in [0.29, 0.717) is 12.8 Å². The Morgan fingerprint density at radius 1 is 0.971 bits per heavy atom. The molecule has 5 rings (SSSR count). The number of pyridine rings is 1. The first-order valence-electron chi connectivity index (χ1n) is 10.5. The van der Waals surface area contributed by atoms with Gasteiger partial charge in [0.15, 0.2) is 11.4 Å². The predicted octanol–water partition coefficient (Wildman–Crippen LogP) is 4.69. The van der Waals surface area contributed by atoms with E-state index < -0.39 is 33.0 Å². The molecule has 0 saturated heterocycles. The number of nitrogens with zero attached hydrogens (tertiary/aromatic N) is 1. The number of benzene rings is 2. The number of fused-ring (bicyclic) bond motifs is 1. The highest BCUT2D eigenvalue weighted by atomic mass is 32.2. The predicted molar refractivity (Wildman–Crippen MR) is 117 cm³/mol. The molecule has 0 bridgehead atoms. The van der Waals surface area contributed by atoms with E-state index in [2.05, 4.69) is 9.17 Å². The fourth-order valence-electron chi connectivity index (χ4n) is 3.92. The van der Waals surface area contributed by atoms with Crippen LogP contribution in [0.4, 0.5) is 13.2 Å². The number of para-hydroxylation sites is 1. The van der Waals surface area contributed by atoms with Gasteiger partial charge in [-0.15, -0.1) is 0 Å². The molecule has 1 fully saturated rings. The quantitative estimate of drug-likeness (QED) is 0.284. The minimum Gasteiger partial charge on any atom is -0.447 e. The number of hydrogen-bond acceptors (Lipinski definition) is 6. The molecule has 176 valence electrons. The van der Waals surface area contributed by atoms with Gasteiger partial charge >= 0.3 is 21.6 Å².